The zero-order chi connectivity index (χ0) is 31.5. The smallest absolute Gasteiger partial charge is 0.373 e. The fourth-order valence-electron chi connectivity index (χ4n) is 6.18. The number of benzene rings is 1. The largest absolute Gasteiger partial charge is 0.479 e. The van der Waals surface area contributed by atoms with Crippen molar-refractivity contribution in [2.24, 2.45) is 0 Å². The third-order valence-electron chi connectivity index (χ3n) is 8.67. The van der Waals surface area contributed by atoms with E-state index >= 15 is 0 Å². The van der Waals surface area contributed by atoms with Gasteiger partial charge in [-0.05, 0) is 17.5 Å². The van der Waals surface area contributed by atoms with E-state index in [1.807, 2.05) is 66.7 Å². The normalized spacial score (nSPS) is 46.2. The number of rotatable bonds is 11. The molecule has 246 valence electrons. The van der Waals surface area contributed by atoms with Crippen LogP contribution in [0.1, 0.15) is 59.6 Å². The standard InChI is InChI=1S/C24H46O12Si8/c1-9-23-18-17-19-24(22-23)20-21-44-34-41(14-6)28-38(11-3)25-37(10-2)26-39(12-4,30-41)32-43(16-8,36-44)33-40(13-5,27-37)31-42(15-7,29-38)35-44/h9,17-19,22H,1,10-16,20-21H2,2-8H3. The minimum absolute atomic E-state index is 0.427. The first-order valence-electron chi connectivity index (χ1n) is 16.0. The Morgan fingerprint density at radius 1 is 0.477 bits per heavy atom. The third kappa shape index (κ3) is 5.80. The van der Waals surface area contributed by atoms with Crippen LogP contribution in [0, 0.1) is 0 Å². The Hall–Kier alpha value is 0.215. The molecule has 12 nitrogen and oxygen atoms in total. The summed E-state index contributed by atoms with van der Waals surface area (Å²) < 4.78 is 86.4. The van der Waals surface area contributed by atoms with Gasteiger partial charge in [-0.2, -0.15) is 0 Å². The van der Waals surface area contributed by atoms with Gasteiger partial charge in [0.2, 0.25) is 0 Å². The lowest BCUT2D eigenvalue weighted by Gasteiger charge is -2.63. The van der Waals surface area contributed by atoms with E-state index < -0.39 is 70.4 Å². The van der Waals surface area contributed by atoms with Gasteiger partial charge in [0.05, 0.1) is 0 Å². The Labute approximate surface area is 270 Å². The first kappa shape index (κ1) is 34.1. The van der Waals surface area contributed by atoms with E-state index in [0.717, 1.165) is 11.1 Å². The molecule has 0 radical (unpaired) electrons. The highest BCUT2D eigenvalue weighted by Gasteiger charge is 2.81. The first-order chi connectivity index (χ1) is 20.9. The van der Waals surface area contributed by atoms with Crippen molar-refractivity contribution in [1.29, 1.82) is 0 Å². The second-order valence-electron chi connectivity index (χ2n) is 11.6. The SMILES string of the molecule is C=Cc1cccc(CC[Si]23O[Si]4(CC)O[Si]5(CC)O[Si]6(CC)O[Si](CC)(O4)O[Si](CC)(O[Si](CC)(O6)O[Si](CC)(O5)O2)O3)c1. The molecular formula is C24H46O12Si8. The van der Waals surface area contributed by atoms with E-state index in [0.29, 0.717) is 54.8 Å². The van der Waals surface area contributed by atoms with Gasteiger partial charge in [-0.15, -0.1) is 0 Å². The lowest BCUT2D eigenvalue weighted by atomic mass is 10.1. The van der Waals surface area contributed by atoms with E-state index in [1.165, 1.54) is 0 Å². The summed E-state index contributed by atoms with van der Waals surface area (Å²) in [6.07, 6.45) is 2.45. The predicted octanol–water partition coefficient (Wildman–Crippen LogP) is 5.79. The predicted molar refractivity (Wildman–Crippen MR) is 177 cm³/mol. The highest BCUT2D eigenvalue weighted by atomic mass is 28.6. The third-order valence-corrected chi connectivity index (χ3v) is 45.5. The van der Waals surface area contributed by atoms with Crippen molar-refractivity contribution in [1.82, 2.24) is 0 Å². The second kappa shape index (κ2) is 12.0. The molecule has 0 N–H and O–H groups in total. The maximum Gasteiger partial charge on any atom is 0.479 e. The van der Waals surface area contributed by atoms with Crippen LogP contribution in [0.4, 0.5) is 0 Å². The van der Waals surface area contributed by atoms with Crippen molar-refractivity contribution < 1.29 is 49.4 Å². The maximum atomic E-state index is 7.32. The highest BCUT2D eigenvalue weighted by molar-refractivity contribution is 7.03. The summed E-state index contributed by atoms with van der Waals surface area (Å²) in [5.41, 5.74) is 2.14. The van der Waals surface area contributed by atoms with Gasteiger partial charge in [0.25, 0.3) is 0 Å². The zero-order valence-corrected chi connectivity index (χ0v) is 34.9. The summed E-state index contributed by atoms with van der Waals surface area (Å²) in [5.74, 6) is 0. The molecule has 0 aromatic heterocycles. The Bertz CT molecular complexity index is 1140. The monoisotopic (exact) mass is 750 g/mol. The molecule has 0 atom stereocenters. The van der Waals surface area contributed by atoms with Crippen molar-refractivity contribution in [2.45, 2.75) is 103 Å². The fraction of sp³-hybridized carbons (Fsp3) is 0.667. The van der Waals surface area contributed by atoms with Crippen molar-refractivity contribution in [3.63, 3.8) is 0 Å². The van der Waals surface area contributed by atoms with Crippen LogP contribution in [-0.2, 0) is 55.8 Å². The van der Waals surface area contributed by atoms with Gasteiger partial charge in [-0.25, -0.2) is 0 Å². The van der Waals surface area contributed by atoms with Crippen LogP contribution in [-0.4, -0.2) is 70.4 Å². The minimum atomic E-state index is -3.79. The molecule has 0 unspecified atom stereocenters. The molecular weight excluding hydrogens is 705 g/mol. The van der Waals surface area contributed by atoms with Gasteiger partial charge >= 0.3 is 70.4 Å². The summed E-state index contributed by atoms with van der Waals surface area (Å²) in [7, 11) is -29.3. The molecule has 6 saturated heterocycles. The van der Waals surface area contributed by atoms with Crippen molar-refractivity contribution >= 4 is 76.5 Å². The van der Waals surface area contributed by atoms with E-state index in [-0.39, 0.29) is 0 Å². The van der Waals surface area contributed by atoms with Crippen LogP contribution in [0.25, 0.3) is 6.08 Å². The molecule has 6 fully saturated rings. The van der Waals surface area contributed by atoms with Crippen LogP contribution in [0.15, 0.2) is 30.8 Å². The molecule has 0 saturated carbocycles. The Kier molecular flexibility index (Phi) is 9.27. The number of aryl methyl sites for hydroxylation is 1. The Balaban J connectivity index is 1.60. The van der Waals surface area contributed by atoms with Crippen molar-refractivity contribution in [3.8, 4) is 0 Å². The second-order valence-corrected chi connectivity index (χ2v) is 37.8. The Morgan fingerprint density at radius 3 is 1.05 bits per heavy atom. The van der Waals surface area contributed by atoms with Gasteiger partial charge in [0.15, 0.2) is 0 Å². The summed E-state index contributed by atoms with van der Waals surface area (Å²) >= 11 is 0. The van der Waals surface area contributed by atoms with E-state index in [1.54, 1.807) is 0 Å². The molecule has 1 aromatic carbocycles. The molecule has 6 heterocycles. The molecule has 6 aliphatic rings. The molecule has 8 bridgehead atoms. The number of hydrogen-bond donors (Lipinski definition) is 0. The molecule has 0 aliphatic carbocycles. The molecule has 0 spiro atoms. The average Bonchev–Trinajstić information content (AvgIpc) is 2.99. The fourth-order valence-corrected chi connectivity index (χ4v) is 55.9. The summed E-state index contributed by atoms with van der Waals surface area (Å²) in [6.45, 7) is 17.9. The first-order valence-corrected chi connectivity index (χ1v) is 31.5. The lowest BCUT2D eigenvalue weighted by molar-refractivity contribution is -0.0287. The zero-order valence-electron chi connectivity index (χ0n) is 26.9. The summed E-state index contributed by atoms with van der Waals surface area (Å²) in [4.78, 5) is 0. The van der Waals surface area contributed by atoms with Gasteiger partial charge in [0.1, 0.15) is 0 Å². The molecule has 0 amide bonds. The van der Waals surface area contributed by atoms with Gasteiger partial charge < -0.3 is 49.4 Å². The molecule has 1 aromatic rings. The minimum Gasteiger partial charge on any atom is -0.373 e. The maximum absolute atomic E-state index is 7.32. The van der Waals surface area contributed by atoms with Gasteiger partial charge in [0, 0.05) is 48.4 Å². The van der Waals surface area contributed by atoms with Crippen LogP contribution in [0.3, 0.4) is 0 Å². The quantitative estimate of drug-likeness (QED) is 0.256. The lowest BCUT2D eigenvalue weighted by Crippen LogP contribution is -2.88. The Morgan fingerprint density at radius 2 is 0.773 bits per heavy atom. The molecule has 7 rings (SSSR count). The number of hydrogen-bond acceptors (Lipinski definition) is 12. The molecule has 6 aliphatic heterocycles. The van der Waals surface area contributed by atoms with Crippen LogP contribution in [0.2, 0.25) is 48.4 Å². The van der Waals surface area contributed by atoms with Crippen molar-refractivity contribution in [2.75, 3.05) is 0 Å². The summed E-state index contributed by atoms with van der Waals surface area (Å²) in [5, 5.41) is 0. The molecule has 44 heavy (non-hydrogen) atoms. The van der Waals surface area contributed by atoms with Gasteiger partial charge in [-0.1, -0.05) is 85.4 Å². The topological polar surface area (TPSA) is 111 Å². The molecule has 20 heteroatoms. The van der Waals surface area contributed by atoms with E-state index in [9.17, 15) is 0 Å². The van der Waals surface area contributed by atoms with E-state index in [4.69, 9.17) is 49.4 Å². The highest BCUT2D eigenvalue weighted by Crippen LogP contribution is 2.53. The van der Waals surface area contributed by atoms with Crippen LogP contribution in [0.5, 0.6) is 0 Å². The summed E-state index contributed by atoms with van der Waals surface area (Å²) in [6, 6.07) is 11.8. The van der Waals surface area contributed by atoms with Gasteiger partial charge in [-0.3, -0.25) is 0 Å². The van der Waals surface area contributed by atoms with E-state index in [2.05, 4.69) is 18.7 Å². The van der Waals surface area contributed by atoms with Crippen molar-refractivity contribution in [3.05, 3.63) is 42.0 Å². The van der Waals surface area contributed by atoms with Crippen LogP contribution >= 0.6 is 0 Å². The van der Waals surface area contributed by atoms with Crippen LogP contribution < -0.4 is 0 Å². The average molecular weight is 751 g/mol.